The monoisotopic (exact) mass is 371 g/mol. The van der Waals surface area contributed by atoms with E-state index in [1.165, 1.54) is 5.56 Å². The molecule has 0 saturated heterocycles. The highest BCUT2D eigenvalue weighted by molar-refractivity contribution is 6.24. The fraction of sp³-hybridized carbons (Fsp3) is 0.160. The first-order valence-corrected chi connectivity index (χ1v) is 9.35. The Morgan fingerprint density at radius 1 is 0.929 bits per heavy atom. The molecule has 1 unspecified atom stereocenters. The number of rotatable bonds is 6. The van der Waals surface area contributed by atoms with Crippen molar-refractivity contribution < 1.29 is 9.53 Å². The number of benzene rings is 3. The van der Waals surface area contributed by atoms with Crippen LogP contribution in [0.4, 0.5) is 0 Å². The van der Waals surface area contributed by atoms with Crippen LogP contribution in [0.15, 0.2) is 78.9 Å². The van der Waals surface area contributed by atoms with Gasteiger partial charge in [-0.15, -0.1) is 0 Å². The van der Waals surface area contributed by atoms with E-state index in [1.807, 2.05) is 67.6 Å². The summed E-state index contributed by atoms with van der Waals surface area (Å²) in [5.74, 6) is 0.686. The number of hydrogen-bond donors (Lipinski definition) is 1. The number of ether oxygens (including phenoxy) is 1. The molecule has 0 saturated carbocycles. The van der Waals surface area contributed by atoms with Crippen molar-refractivity contribution in [2.75, 3.05) is 7.11 Å². The van der Waals surface area contributed by atoms with Gasteiger partial charge in [-0.3, -0.25) is 4.79 Å². The topological polar surface area (TPSA) is 38.3 Å². The number of hydrogen-bond acceptors (Lipinski definition) is 2. The molecule has 0 aliphatic heterocycles. The van der Waals surface area contributed by atoms with Crippen molar-refractivity contribution in [2.24, 2.45) is 0 Å². The van der Waals surface area contributed by atoms with Gasteiger partial charge in [0.1, 0.15) is 5.75 Å². The lowest BCUT2D eigenvalue weighted by molar-refractivity contribution is -0.116. The minimum Gasteiger partial charge on any atom is -0.497 e. The van der Waals surface area contributed by atoms with Crippen LogP contribution in [0.5, 0.6) is 5.75 Å². The van der Waals surface area contributed by atoms with Gasteiger partial charge in [0.2, 0.25) is 0 Å². The van der Waals surface area contributed by atoms with Crippen LogP contribution in [-0.2, 0) is 4.79 Å². The maximum atomic E-state index is 13.1. The standard InChI is InChI=1S/C25H25NO2/c1-18-9-13-21(14-10-18)19(2)26-25(27)24(22-7-5-4-6-8-22)17-20-11-15-23(28-3)16-12-20/h4-17,19H,1-3H3,(H,26,27)/b24-17+. The van der Waals surface area contributed by atoms with Gasteiger partial charge in [0.25, 0.3) is 5.91 Å². The molecule has 0 bridgehead atoms. The summed E-state index contributed by atoms with van der Waals surface area (Å²) >= 11 is 0. The molecule has 0 aliphatic carbocycles. The zero-order valence-corrected chi connectivity index (χ0v) is 16.5. The molecule has 0 heterocycles. The summed E-state index contributed by atoms with van der Waals surface area (Å²) in [4.78, 5) is 13.1. The minimum atomic E-state index is -0.102. The molecule has 0 spiro atoms. The number of methoxy groups -OCH3 is 1. The fourth-order valence-corrected chi connectivity index (χ4v) is 2.98. The lowest BCUT2D eigenvalue weighted by Gasteiger charge is -2.16. The van der Waals surface area contributed by atoms with E-state index < -0.39 is 0 Å². The summed E-state index contributed by atoms with van der Waals surface area (Å²) in [6.45, 7) is 4.05. The zero-order valence-electron chi connectivity index (χ0n) is 16.5. The van der Waals surface area contributed by atoms with E-state index in [9.17, 15) is 4.79 Å². The van der Waals surface area contributed by atoms with Gasteiger partial charge >= 0.3 is 0 Å². The first-order chi connectivity index (χ1) is 13.6. The Morgan fingerprint density at radius 3 is 2.18 bits per heavy atom. The molecule has 0 fully saturated rings. The van der Waals surface area contributed by atoms with Gasteiger partial charge in [-0.05, 0) is 48.7 Å². The Kier molecular flexibility index (Phi) is 6.28. The number of nitrogens with one attached hydrogen (secondary N) is 1. The molecule has 0 aliphatic rings. The SMILES string of the molecule is COc1ccc(/C=C(/C(=O)NC(C)c2ccc(C)cc2)c2ccccc2)cc1. The molecule has 1 atom stereocenters. The lowest BCUT2D eigenvalue weighted by atomic mass is 10.0. The van der Waals surface area contributed by atoms with E-state index in [4.69, 9.17) is 4.74 Å². The molecule has 28 heavy (non-hydrogen) atoms. The smallest absolute Gasteiger partial charge is 0.252 e. The normalized spacial score (nSPS) is 12.3. The van der Waals surface area contributed by atoms with Crippen LogP contribution in [0.1, 0.15) is 35.2 Å². The van der Waals surface area contributed by atoms with Gasteiger partial charge in [0.15, 0.2) is 0 Å². The van der Waals surface area contributed by atoms with Gasteiger partial charge in [-0.1, -0.05) is 72.3 Å². The Labute approximate surface area is 166 Å². The van der Waals surface area contributed by atoms with Crippen molar-refractivity contribution in [3.8, 4) is 5.75 Å². The van der Waals surface area contributed by atoms with Gasteiger partial charge in [-0.2, -0.15) is 0 Å². The molecule has 3 rings (SSSR count). The Balaban J connectivity index is 1.88. The molecule has 3 aromatic rings. The average Bonchev–Trinajstić information content (AvgIpc) is 2.73. The zero-order chi connectivity index (χ0) is 19.9. The molecule has 3 heteroatoms. The van der Waals surface area contributed by atoms with E-state index in [0.717, 1.165) is 22.4 Å². The van der Waals surface area contributed by atoms with E-state index in [1.54, 1.807) is 7.11 Å². The summed E-state index contributed by atoms with van der Waals surface area (Å²) in [6, 6.07) is 25.5. The largest absolute Gasteiger partial charge is 0.497 e. The van der Waals surface area contributed by atoms with Crippen LogP contribution >= 0.6 is 0 Å². The maximum absolute atomic E-state index is 13.1. The third-order valence-corrected chi connectivity index (χ3v) is 4.68. The van der Waals surface area contributed by atoms with E-state index in [0.29, 0.717) is 5.57 Å². The van der Waals surface area contributed by atoms with Crippen LogP contribution in [0.3, 0.4) is 0 Å². The summed E-state index contributed by atoms with van der Waals surface area (Å²) in [7, 11) is 1.64. The Hall–Kier alpha value is -3.33. The fourth-order valence-electron chi connectivity index (χ4n) is 2.98. The van der Waals surface area contributed by atoms with Crippen molar-refractivity contribution in [2.45, 2.75) is 19.9 Å². The van der Waals surface area contributed by atoms with Gasteiger partial charge in [0, 0.05) is 5.57 Å². The van der Waals surface area contributed by atoms with E-state index in [2.05, 4.69) is 36.5 Å². The van der Waals surface area contributed by atoms with Crippen molar-refractivity contribution in [1.82, 2.24) is 5.32 Å². The second-order valence-corrected chi connectivity index (χ2v) is 6.80. The maximum Gasteiger partial charge on any atom is 0.252 e. The summed E-state index contributed by atoms with van der Waals surface area (Å²) < 4.78 is 5.22. The number of carbonyl (C=O) groups is 1. The second kappa shape index (κ2) is 9.05. The molecule has 1 N–H and O–H groups in total. The van der Waals surface area contributed by atoms with Crippen molar-refractivity contribution in [3.05, 3.63) is 101 Å². The molecule has 3 nitrogen and oxygen atoms in total. The van der Waals surface area contributed by atoms with Gasteiger partial charge in [-0.25, -0.2) is 0 Å². The molecular weight excluding hydrogens is 346 g/mol. The Bertz CT molecular complexity index is 942. The number of amides is 1. The van der Waals surface area contributed by atoms with Crippen LogP contribution < -0.4 is 10.1 Å². The van der Waals surface area contributed by atoms with Crippen LogP contribution in [0.25, 0.3) is 11.6 Å². The molecule has 3 aromatic carbocycles. The highest BCUT2D eigenvalue weighted by Gasteiger charge is 2.15. The van der Waals surface area contributed by atoms with Crippen molar-refractivity contribution >= 4 is 17.6 Å². The molecule has 1 amide bonds. The molecule has 142 valence electrons. The molecule has 0 aromatic heterocycles. The Morgan fingerprint density at radius 2 is 1.57 bits per heavy atom. The third kappa shape index (κ3) is 4.89. The van der Waals surface area contributed by atoms with Gasteiger partial charge in [0.05, 0.1) is 13.2 Å². The molecule has 0 radical (unpaired) electrons. The van der Waals surface area contributed by atoms with Crippen LogP contribution in [-0.4, -0.2) is 13.0 Å². The summed E-state index contributed by atoms with van der Waals surface area (Å²) in [6.07, 6.45) is 1.91. The summed E-state index contributed by atoms with van der Waals surface area (Å²) in [5.41, 5.74) is 4.73. The average molecular weight is 371 g/mol. The second-order valence-electron chi connectivity index (χ2n) is 6.80. The van der Waals surface area contributed by atoms with Gasteiger partial charge < -0.3 is 10.1 Å². The highest BCUT2D eigenvalue weighted by atomic mass is 16.5. The number of carbonyl (C=O) groups excluding carboxylic acids is 1. The highest BCUT2D eigenvalue weighted by Crippen LogP contribution is 2.22. The predicted molar refractivity (Wildman–Crippen MR) is 115 cm³/mol. The first-order valence-electron chi connectivity index (χ1n) is 9.35. The van der Waals surface area contributed by atoms with Crippen LogP contribution in [0.2, 0.25) is 0 Å². The first kappa shape index (κ1) is 19.4. The quantitative estimate of drug-likeness (QED) is 0.464. The van der Waals surface area contributed by atoms with Crippen molar-refractivity contribution in [1.29, 1.82) is 0 Å². The van der Waals surface area contributed by atoms with E-state index in [-0.39, 0.29) is 11.9 Å². The number of aryl methyl sites for hydroxylation is 1. The van der Waals surface area contributed by atoms with Crippen LogP contribution in [0, 0.1) is 6.92 Å². The minimum absolute atomic E-state index is 0.0870. The lowest BCUT2D eigenvalue weighted by Crippen LogP contribution is -2.27. The molecular formula is C25H25NO2. The summed E-state index contributed by atoms with van der Waals surface area (Å²) in [5, 5.41) is 3.13. The predicted octanol–water partition coefficient (Wildman–Crippen LogP) is 5.42. The van der Waals surface area contributed by atoms with E-state index >= 15 is 0 Å². The van der Waals surface area contributed by atoms with Crippen molar-refractivity contribution in [3.63, 3.8) is 0 Å². The third-order valence-electron chi connectivity index (χ3n) is 4.68.